The Kier molecular flexibility index (Phi) is 3.03. The lowest BCUT2D eigenvalue weighted by Gasteiger charge is -2.19. The van der Waals surface area contributed by atoms with Gasteiger partial charge in [0.25, 0.3) is 0 Å². The number of nitrogens with zero attached hydrogens (tertiary/aromatic N) is 2. The maximum Gasteiger partial charge on any atom is 0.125 e. The maximum atomic E-state index is 6.15. The van der Waals surface area contributed by atoms with Crippen molar-refractivity contribution in [3.63, 3.8) is 0 Å². The highest BCUT2D eigenvalue weighted by Crippen LogP contribution is 2.37. The average Bonchev–Trinajstić information content (AvgIpc) is 2.57. The molecule has 0 spiro atoms. The first kappa shape index (κ1) is 11.2. The molecule has 1 atom stereocenters. The molecule has 3 nitrogen and oxygen atoms in total. The smallest absolute Gasteiger partial charge is 0.125 e. The molecule has 0 fully saturated rings. The number of hydrogen-bond donors (Lipinski definition) is 1. The molecular formula is C13H21N3. The monoisotopic (exact) mass is 219 g/mol. The van der Waals surface area contributed by atoms with Crippen molar-refractivity contribution in [2.45, 2.75) is 44.9 Å². The van der Waals surface area contributed by atoms with E-state index in [0.717, 1.165) is 18.7 Å². The van der Waals surface area contributed by atoms with E-state index in [1.807, 2.05) is 11.7 Å². The van der Waals surface area contributed by atoms with Gasteiger partial charge in [-0.05, 0) is 31.1 Å². The Morgan fingerprint density at radius 3 is 2.75 bits per heavy atom. The number of hydrogen-bond acceptors (Lipinski definition) is 2. The van der Waals surface area contributed by atoms with E-state index in [4.69, 9.17) is 5.73 Å². The summed E-state index contributed by atoms with van der Waals surface area (Å²) < 4.78 is 1.82. The van der Waals surface area contributed by atoms with E-state index in [2.05, 4.69) is 31.1 Å². The molecular weight excluding hydrogens is 198 g/mol. The van der Waals surface area contributed by atoms with Crippen molar-refractivity contribution in [1.29, 1.82) is 0 Å². The quantitative estimate of drug-likeness (QED) is 0.777. The van der Waals surface area contributed by atoms with E-state index >= 15 is 0 Å². The lowest BCUT2D eigenvalue weighted by atomic mass is 9.85. The van der Waals surface area contributed by atoms with Crippen LogP contribution in [0.15, 0.2) is 12.2 Å². The minimum atomic E-state index is 0.449. The third kappa shape index (κ3) is 1.86. The molecule has 2 N–H and O–H groups in total. The molecule has 1 aliphatic rings. The second-order valence-electron chi connectivity index (χ2n) is 4.94. The second-order valence-corrected chi connectivity index (χ2v) is 4.94. The van der Waals surface area contributed by atoms with Crippen LogP contribution in [0, 0.1) is 0 Å². The second kappa shape index (κ2) is 4.32. The van der Waals surface area contributed by atoms with Gasteiger partial charge in [0.15, 0.2) is 0 Å². The summed E-state index contributed by atoms with van der Waals surface area (Å²) in [6.07, 6.45) is 8.00. The normalized spacial score (nSPS) is 20.6. The van der Waals surface area contributed by atoms with Gasteiger partial charge in [0.05, 0.1) is 5.69 Å². The van der Waals surface area contributed by atoms with Crippen LogP contribution < -0.4 is 5.73 Å². The van der Waals surface area contributed by atoms with Crippen molar-refractivity contribution < 1.29 is 0 Å². The highest BCUT2D eigenvalue weighted by Gasteiger charge is 2.24. The number of anilines is 1. The summed E-state index contributed by atoms with van der Waals surface area (Å²) in [6, 6.07) is 0. The largest absolute Gasteiger partial charge is 0.384 e. The molecule has 16 heavy (non-hydrogen) atoms. The summed E-state index contributed by atoms with van der Waals surface area (Å²) in [6.45, 7) is 4.37. The third-order valence-corrected chi connectivity index (χ3v) is 3.38. The first-order chi connectivity index (χ1) is 7.61. The predicted octanol–water partition coefficient (Wildman–Crippen LogP) is 2.95. The zero-order chi connectivity index (χ0) is 11.7. The van der Waals surface area contributed by atoms with Crippen LogP contribution >= 0.6 is 0 Å². The molecule has 1 aliphatic carbocycles. The van der Waals surface area contributed by atoms with Crippen molar-refractivity contribution >= 4 is 5.82 Å². The minimum Gasteiger partial charge on any atom is -0.384 e. The summed E-state index contributed by atoms with van der Waals surface area (Å²) in [5.74, 6) is 1.87. The summed E-state index contributed by atoms with van der Waals surface area (Å²) >= 11 is 0. The van der Waals surface area contributed by atoms with E-state index in [9.17, 15) is 0 Å². The third-order valence-electron chi connectivity index (χ3n) is 3.38. The van der Waals surface area contributed by atoms with E-state index in [0.29, 0.717) is 11.8 Å². The number of nitrogens with two attached hydrogens (primary N) is 1. The Labute approximate surface area is 97.3 Å². The van der Waals surface area contributed by atoms with Gasteiger partial charge in [-0.2, -0.15) is 5.10 Å². The van der Waals surface area contributed by atoms with Crippen LogP contribution in [0.25, 0.3) is 0 Å². The molecule has 0 saturated heterocycles. The van der Waals surface area contributed by atoms with Crippen LogP contribution in [-0.2, 0) is 7.05 Å². The highest BCUT2D eigenvalue weighted by molar-refractivity contribution is 5.47. The van der Waals surface area contributed by atoms with Crippen LogP contribution in [0.3, 0.4) is 0 Å². The van der Waals surface area contributed by atoms with Crippen LogP contribution in [0.5, 0.6) is 0 Å². The Morgan fingerprint density at radius 1 is 1.44 bits per heavy atom. The fourth-order valence-corrected chi connectivity index (χ4v) is 2.48. The highest BCUT2D eigenvalue weighted by atomic mass is 15.3. The van der Waals surface area contributed by atoms with Gasteiger partial charge in [0.2, 0.25) is 0 Å². The lowest BCUT2D eigenvalue weighted by molar-refractivity contribution is 0.607. The van der Waals surface area contributed by atoms with Crippen molar-refractivity contribution in [1.82, 2.24) is 9.78 Å². The molecule has 0 bridgehead atoms. The van der Waals surface area contributed by atoms with E-state index in [1.165, 1.54) is 17.7 Å². The lowest BCUT2D eigenvalue weighted by Crippen LogP contribution is -2.07. The Morgan fingerprint density at radius 2 is 2.19 bits per heavy atom. The van der Waals surface area contributed by atoms with E-state index in [1.54, 1.807) is 0 Å². The van der Waals surface area contributed by atoms with Crippen LogP contribution in [0.2, 0.25) is 0 Å². The SMILES string of the molecule is CC(C)c1nn(C)c(N)c1C1CC=CCC1. The van der Waals surface area contributed by atoms with Gasteiger partial charge < -0.3 is 5.73 Å². The maximum absolute atomic E-state index is 6.15. The number of nitrogen functional groups attached to an aromatic ring is 1. The summed E-state index contributed by atoms with van der Waals surface area (Å²) in [4.78, 5) is 0. The first-order valence-electron chi connectivity index (χ1n) is 6.08. The fraction of sp³-hybridized carbons (Fsp3) is 0.615. The average molecular weight is 219 g/mol. The summed E-state index contributed by atoms with van der Waals surface area (Å²) in [5, 5.41) is 4.55. The molecule has 1 aromatic heterocycles. The number of aromatic nitrogens is 2. The van der Waals surface area contributed by atoms with Crippen molar-refractivity contribution in [2.24, 2.45) is 7.05 Å². The van der Waals surface area contributed by atoms with Gasteiger partial charge in [-0.3, -0.25) is 4.68 Å². The van der Waals surface area contributed by atoms with Gasteiger partial charge in [0.1, 0.15) is 5.82 Å². The van der Waals surface area contributed by atoms with E-state index in [-0.39, 0.29) is 0 Å². The Bertz CT molecular complexity index is 402. The summed E-state index contributed by atoms with van der Waals surface area (Å²) in [7, 11) is 1.93. The Balaban J connectivity index is 2.41. The zero-order valence-electron chi connectivity index (χ0n) is 10.4. The topological polar surface area (TPSA) is 43.8 Å². The number of aryl methyl sites for hydroxylation is 1. The number of rotatable bonds is 2. The van der Waals surface area contributed by atoms with E-state index < -0.39 is 0 Å². The van der Waals surface area contributed by atoms with Crippen molar-refractivity contribution in [3.05, 3.63) is 23.4 Å². The molecule has 1 heterocycles. The van der Waals surface area contributed by atoms with Crippen LogP contribution in [-0.4, -0.2) is 9.78 Å². The van der Waals surface area contributed by atoms with Gasteiger partial charge in [0, 0.05) is 12.6 Å². The number of allylic oxidation sites excluding steroid dienone is 2. The van der Waals surface area contributed by atoms with Gasteiger partial charge in [-0.1, -0.05) is 26.0 Å². The molecule has 3 heteroatoms. The predicted molar refractivity (Wildman–Crippen MR) is 67.4 cm³/mol. The summed E-state index contributed by atoms with van der Waals surface area (Å²) in [5.41, 5.74) is 8.62. The molecule has 0 radical (unpaired) electrons. The molecule has 88 valence electrons. The standard InChI is InChI=1S/C13H21N3/c1-9(2)12-11(13(14)16(3)15-12)10-7-5-4-6-8-10/h4-5,9-10H,6-8,14H2,1-3H3. The van der Waals surface area contributed by atoms with Crippen molar-refractivity contribution in [3.8, 4) is 0 Å². The molecule has 0 saturated carbocycles. The fourth-order valence-electron chi connectivity index (χ4n) is 2.48. The molecule has 1 aromatic rings. The van der Waals surface area contributed by atoms with Crippen LogP contribution in [0.1, 0.15) is 56.2 Å². The van der Waals surface area contributed by atoms with Gasteiger partial charge in [-0.15, -0.1) is 0 Å². The van der Waals surface area contributed by atoms with Crippen molar-refractivity contribution in [2.75, 3.05) is 5.73 Å². The minimum absolute atomic E-state index is 0.449. The molecule has 0 amide bonds. The molecule has 0 aromatic carbocycles. The first-order valence-corrected chi connectivity index (χ1v) is 6.08. The van der Waals surface area contributed by atoms with Gasteiger partial charge >= 0.3 is 0 Å². The van der Waals surface area contributed by atoms with Crippen LogP contribution in [0.4, 0.5) is 5.82 Å². The Hall–Kier alpha value is -1.25. The molecule has 1 unspecified atom stereocenters. The molecule has 2 rings (SSSR count). The zero-order valence-corrected chi connectivity index (χ0v) is 10.4. The van der Waals surface area contributed by atoms with Gasteiger partial charge in [-0.25, -0.2) is 0 Å². The molecule has 0 aliphatic heterocycles.